The molecule has 0 aromatic heterocycles. The zero-order valence-corrected chi connectivity index (χ0v) is 24.2. The average molecular weight is 547 g/mol. The van der Waals surface area contributed by atoms with Crippen molar-refractivity contribution in [1.29, 1.82) is 0 Å². The van der Waals surface area contributed by atoms with Crippen molar-refractivity contribution < 1.29 is 19.5 Å². The molecule has 1 aromatic rings. The van der Waals surface area contributed by atoms with Crippen LogP contribution in [0.1, 0.15) is 122 Å². The molecule has 3 amide bonds. The van der Waals surface area contributed by atoms with Crippen LogP contribution in [0.15, 0.2) is 24.3 Å². The van der Waals surface area contributed by atoms with Crippen LogP contribution in [0.3, 0.4) is 0 Å². The molecular weight excluding hydrogens is 492 g/mol. The number of aromatic hydroxyl groups is 1. The number of carbonyl (C=O) groups excluding carboxylic acids is 3. The normalized spacial score (nSPS) is 12.6. The highest BCUT2D eigenvalue weighted by atomic mass is 16.3. The molecule has 0 bridgehead atoms. The Morgan fingerprint density at radius 1 is 0.744 bits per heavy atom. The highest BCUT2D eigenvalue weighted by Gasteiger charge is 2.25. The van der Waals surface area contributed by atoms with E-state index >= 15 is 0 Å². The molecule has 0 saturated heterocycles. The van der Waals surface area contributed by atoms with Gasteiger partial charge in [0.25, 0.3) is 0 Å². The fourth-order valence-corrected chi connectivity index (χ4v) is 4.70. The summed E-state index contributed by atoms with van der Waals surface area (Å²) >= 11 is 0. The van der Waals surface area contributed by atoms with Gasteiger partial charge in [-0.1, -0.05) is 96.1 Å². The van der Waals surface area contributed by atoms with Crippen molar-refractivity contribution in [3.05, 3.63) is 29.8 Å². The zero-order chi connectivity index (χ0) is 28.7. The Morgan fingerprint density at radius 3 is 1.79 bits per heavy atom. The van der Waals surface area contributed by atoms with E-state index < -0.39 is 23.9 Å². The van der Waals surface area contributed by atoms with Gasteiger partial charge in [-0.3, -0.25) is 14.4 Å². The molecular formula is C31H54N4O4. The summed E-state index contributed by atoms with van der Waals surface area (Å²) < 4.78 is 0. The van der Waals surface area contributed by atoms with Crippen LogP contribution in [0.4, 0.5) is 0 Å². The minimum Gasteiger partial charge on any atom is -0.508 e. The van der Waals surface area contributed by atoms with Gasteiger partial charge in [-0.25, -0.2) is 0 Å². The number of nitrogens with one attached hydrogen (secondary N) is 2. The van der Waals surface area contributed by atoms with Gasteiger partial charge < -0.3 is 27.2 Å². The van der Waals surface area contributed by atoms with Gasteiger partial charge in [0.2, 0.25) is 17.7 Å². The number of carbonyl (C=O) groups is 3. The SMILES string of the molecule is CCCCCCCCCCCCCCCC(=O)N[C@@H](Cc1ccc(O)cc1)C(=O)N[C@@H](CCCCN)C(N)=O. The standard InChI is InChI=1S/C31H54N4O4/c1-2-3-4-5-6-7-8-9-10-11-12-13-14-18-29(37)34-28(24-25-19-21-26(36)22-20-25)31(39)35-27(30(33)38)17-15-16-23-32/h19-22,27-28,36H,2-18,23-24,32H2,1H3,(H2,33,38)(H,34,37)(H,35,39)/t27-,28-/m0/s1. The maximum absolute atomic E-state index is 13.1. The van der Waals surface area contributed by atoms with E-state index in [1.165, 1.54) is 64.2 Å². The van der Waals surface area contributed by atoms with Crippen LogP contribution >= 0.6 is 0 Å². The minimum atomic E-state index is -0.847. The van der Waals surface area contributed by atoms with Gasteiger partial charge in [-0.2, -0.15) is 0 Å². The molecule has 7 N–H and O–H groups in total. The largest absolute Gasteiger partial charge is 0.508 e. The van der Waals surface area contributed by atoms with Crippen molar-refractivity contribution in [2.45, 2.75) is 135 Å². The van der Waals surface area contributed by atoms with E-state index in [1.807, 2.05) is 0 Å². The number of primary amides is 1. The van der Waals surface area contributed by atoms with Crippen LogP contribution in [0, 0.1) is 0 Å². The second-order valence-electron chi connectivity index (χ2n) is 10.7. The molecule has 0 spiro atoms. The maximum atomic E-state index is 13.1. The van der Waals surface area contributed by atoms with Crippen molar-refractivity contribution >= 4 is 17.7 Å². The van der Waals surface area contributed by atoms with Gasteiger partial charge in [0.15, 0.2) is 0 Å². The molecule has 0 radical (unpaired) electrons. The first kappa shape index (κ1) is 34.4. The van der Waals surface area contributed by atoms with E-state index in [9.17, 15) is 19.5 Å². The quantitative estimate of drug-likeness (QED) is 0.116. The van der Waals surface area contributed by atoms with Gasteiger partial charge in [-0.15, -0.1) is 0 Å². The van der Waals surface area contributed by atoms with Crippen LogP contribution in [0.2, 0.25) is 0 Å². The van der Waals surface area contributed by atoms with Crippen molar-refractivity contribution in [3.63, 3.8) is 0 Å². The molecule has 8 heteroatoms. The number of rotatable bonds is 24. The lowest BCUT2D eigenvalue weighted by Crippen LogP contribution is -2.53. The highest BCUT2D eigenvalue weighted by molar-refractivity contribution is 5.91. The van der Waals surface area contributed by atoms with Crippen LogP contribution in [-0.2, 0) is 20.8 Å². The number of phenols is 1. The molecule has 8 nitrogen and oxygen atoms in total. The molecule has 0 unspecified atom stereocenters. The zero-order valence-electron chi connectivity index (χ0n) is 24.2. The molecule has 0 heterocycles. The second kappa shape index (κ2) is 22.2. The van der Waals surface area contributed by atoms with Crippen molar-refractivity contribution in [1.82, 2.24) is 10.6 Å². The number of hydrogen-bond acceptors (Lipinski definition) is 5. The summed E-state index contributed by atoms with van der Waals surface area (Å²) in [5, 5.41) is 15.1. The number of nitrogens with two attached hydrogens (primary N) is 2. The summed E-state index contributed by atoms with van der Waals surface area (Å²) in [6.45, 7) is 2.75. The lowest BCUT2D eigenvalue weighted by Gasteiger charge is -2.22. The Hall–Kier alpha value is -2.61. The molecule has 0 saturated carbocycles. The molecule has 0 aliphatic carbocycles. The van der Waals surface area contributed by atoms with E-state index in [-0.39, 0.29) is 18.1 Å². The third-order valence-electron chi connectivity index (χ3n) is 7.14. The molecule has 1 rings (SSSR count). The van der Waals surface area contributed by atoms with Crippen LogP contribution in [-0.4, -0.2) is 41.5 Å². The monoisotopic (exact) mass is 546 g/mol. The summed E-state index contributed by atoms with van der Waals surface area (Å²) in [5.41, 5.74) is 11.8. The summed E-state index contributed by atoms with van der Waals surface area (Å²) in [7, 11) is 0. The Balaban J connectivity index is 2.43. The average Bonchev–Trinajstić information content (AvgIpc) is 2.91. The van der Waals surface area contributed by atoms with Gasteiger partial charge >= 0.3 is 0 Å². The molecule has 39 heavy (non-hydrogen) atoms. The predicted molar refractivity (Wildman–Crippen MR) is 158 cm³/mol. The van der Waals surface area contributed by atoms with Gasteiger partial charge in [0, 0.05) is 12.8 Å². The first-order valence-corrected chi connectivity index (χ1v) is 15.2. The summed E-state index contributed by atoms with van der Waals surface area (Å²) in [6, 6.07) is 4.84. The van der Waals surface area contributed by atoms with Crippen LogP contribution < -0.4 is 22.1 Å². The van der Waals surface area contributed by atoms with E-state index in [1.54, 1.807) is 24.3 Å². The van der Waals surface area contributed by atoms with E-state index in [0.29, 0.717) is 25.8 Å². The molecule has 0 aliphatic heterocycles. The fraction of sp³-hybridized carbons (Fsp3) is 0.710. The smallest absolute Gasteiger partial charge is 0.243 e. The summed E-state index contributed by atoms with van der Waals surface area (Å²) in [6.07, 6.45) is 18.4. The molecule has 2 atom stereocenters. The lowest BCUT2D eigenvalue weighted by atomic mass is 10.0. The van der Waals surface area contributed by atoms with Crippen molar-refractivity contribution in [2.75, 3.05) is 6.54 Å². The van der Waals surface area contributed by atoms with E-state index in [4.69, 9.17) is 11.5 Å². The van der Waals surface area contributed by atoms with Crippen LogP contribution in [0.25, 0.3) is 0 Å². The summed E-state index contributed by atoms with van der Waals surface area (Å²) in [5.74, 6) is -1.11. The third-order valence-corrected chi connectivity index (χ3v) is 7.14. The molecule has 0 fully saturated rings. The minimum absolute atomic E-state index is 0.125. The number of benzene rings is 1. The van der Waals surface area contributed by atoms with E-state index in [2.05, 4.69) is 17.6 Å². The van der Waals surface area contributed by atoms with Crippen molar-refractivity contribution in [2.24, 2.45) is 11.5 Å². The van der Waals surface area contributed by atoms with Gasteiger partial charge in [-0.05, 0) is 49.9 Å². The number of amides is 3. The maximum Gasteiger partial charge on any atom is 0.243 e. The number of phenolic OH excluding ortho intramolecular Hbond substituents is 1. The van der Waals surface area contributed by atoms with Gasteiger partial charge in [0.05, 0.1) is 0 Å². The first-order chi connectivity index (χ1) is 18.9. The highest BCUT2D eigenvalue weighted by Crippen LogP contribution is 2.14. The first-order valence-electron chi connectivity index (χ1n) is 15.2. The van der Waals surface area contributed by atoms with E-state index in [0.717, 1.165) is 31.2 Å². The number of unbranched alkanes of at least 4 members (excludes halogenated alkanes) is 13. The van der Waals surface area contributed by atoms with Crippen LogP contribution in [0.5, 0.6) is 5.75 Å². The van der Waals surface area contributed by atoms with Crippen molar-refractivity contribution in [3.8, 4) is 5.75 Å². The third kappa shape index (κ3) is 17.6. The molecule has 0 aliphatic rings. The Bertz CT molecular complexity index is 800. The Morgan fingerprint density at radius 2 is 1.28 bits per heavy atom. The Kier molecular flexibility index (Phi) is 19.6. The molecule has 222 valence electrons. The lowest BCUT2D eigenvalue weighted by molar-refractivity contribution is -0.131. The second-order valence-corrected chi connectivity index (χ2v) is 10.7. The molecule has 1 aromatic carbocycles. The topological polar surface area (TPSA) is 148 Å². The summed E-state index contributed by atoms with van der Waals surface area (Å²) in [4.78, 5) is 37.7. The fourth-order valence-electron chi connectivity index (χ4n) is 4.70. The van der Waals surface area contributed by atoms with Gasteiger partial charge in [0.1, 0.15) is 17.8 Å². The Labute approximate surface area is 236 Å². The number of hydrogen-bond donors (Lipinski definition) is 5. The predicted octanol–water partition coefficient (Wildman–Crippen LogP) is 5.00.